The van der Waals surface area contributed by atoms with Gasteiger partial charge in [-0.25, -0.2) is 9.18 Å². The number of nitrogens with two attached hydrogens (primary N) is 1. The molecule has 10 heavy (non-hydrogen) atoms. The van der Waals surface area contributed by atoms with Crippen LogP contribution in [0.2, 0.25) is 0 Å². The summed E-state index contributed by atoms with van der Waals surface area (Å²) in [5, 5.41) is 0. The van der Waals surface area contributed by atoms with Gasteiger partial charge in [-0.3, -0.25) is 0 Å². The van der Waals surface area contributed by atoms with Crippen molar-refractivity contribution in [3.8, 4) is 0 Å². The topological polar surface area (TPSA) is 52.3 Å². The number of halogens is 2. The highest BCUT2D eigenvalue weighted by molar-refractivity contribution is 5.85. The average Bonchev–Trinajstić information content (AvgIpc) is 1.86. The van der Waals surface area contributed by atoms with Crippen LogP contribution in [0.25, 0.3) is 0 Å². The van der Waals surface area contributed by atoms with E-state index in [-0.39, 0.29) is 19.0 Å². The van der Waals surface area contributed by atoms with Gasteiger partial charge in [0.2, 0.25) is 5.67 Å². The second kappa shape index (κ2) is 4.46. The van der Waals surface area contributed by atoms with Gasteiger partial charge in [-0.15, -0.1) is 12.4 Å². The molecule has 62 valence electrons. The number of methoxy groups -OCH3 is 1. The summed E-state index contributed by atoms with van der Waals surface area (Å²) in [5.74, 6) is -0.926. The second-order valence-electron chi connectivity index (χ2n) is 1.89. The Morgan fingerprint density at radius 2 is 2.20 bits per heavy atom. The predicted octanol–water partition coefficient (Wildman–Crippen LogP) is 0.268. The van der Waals surface area contributed by atoms with Crippen LogP contribution in [0.3, 0.4) is 0 Å². The van der Waals surface area contributed by atoms with Crippen molar-refractivity contribution in [1.82, 2.24) is 0 Å². The lowest BCUT2D eigenvalue weighted by Gasteiger charge is -2.13. The molecule has 0 saturated heterocycles. The lowest BCUT2D eigenvalue weighted by molar-refractivity contribution is -0.152. The van der Waals surface area contributed by atoms with Crippen LogP contribution in [0, 0.1) is 0 Å². The Kier molecular flexibility index (Phi) is 5.51. The van der Waals surface area contributed by atoms with Crippen molar-refractivity contribution in [2.75, 3.05) is 13.7 Å². The molecule has 0 aliphatic rings. The molecular formula is C5H11ClFNO2. The minimum atomic E-state index is -2.03. The smallest absolute Gasteiger partial charge is 0.344 e. The molecule has 0 fully saturated rings. The maximum Gasteiger partial charge on any atom is 0.344 e. The highest BCUT2D eigenvalue weighted by atomic mass is 35.5. The van der Waals surface area contributed by atoms with E-state index < -0.39 is 11.6 Å². The van der Waals surface area contributed by atoms with Crippen LogP contribution >= 0.6 is 12.4 Å². The molecule has 0 amide bonds. The van der Waals surface area contributed by atoms with Crippen LogP contribution in [-0.4, -0.2) is 25.3 Å². The molecule has 0 heterocycles. The van der Waals surface area contributed by atoms with E-state index in [1.807, 2.05) is 0 Å². The van der Waals surface area contributed by atoms with Gasteiger partial charge >= 0.3 is 5.97 Å². The van der Waals surface area contributed by atoms with Gasteiger partial charge in [-0.05, 0) is 6.92 Å². The first-order chi connectivity index (χ1) is 4.04. The van der Waals surface area contributed by atoms with Crippen molar-refractivity contribution in [3.63, 3.8) is 0 Å². The summed E-state index contributed by atoms with van der Waals surface area (Å²) < 4.78 is 16.7. The van der Waals surface area contributed by atoms with Gasteiger partial charge in [-0.2, -0.15) is 0 Å². The Morgan fingerprint density at radius 1 is 1.80 bits per heavy atom. The summed E-state index contributed by atoms with van der Waals surface area (Å²) in [6.07, 6.45) is 0. The number of carbonyl (C=O) groups is 1. The Bertz CT molecular complexity index is 118. The molecule has 0 rings (SSSR count). The van der Waals surface area contributed by atoms with E-state index in [0.717, 1.165) is 14.0 Å². The Morgan fingerprint density at radius 3 is 2.30 bits per heavy atom. The summed E-state index contributed by atoms with van der Waals surface area (Å²) in [4.78, 5) is 10.4. The zero-order valence-electron chi connectivity index (χ0n) is 5.89. The number of rotatable bonds is 2. The molecule has 5 heteroatoms. The van der Waals surface area contributed by atoms with Crippen molar-refractivity contribution < 1.29 is 13.9 Å². The maximum atomic E-state index is 12.6. The van der Waals surface area contributed by atoms with Crippen molar-refractivity contribution >= 4 is 18.4 Å². The number of ether oxygens (including phenoxy) is 1. The number of hydrogen-bond acceptors (Lipinski definition) is 3. The van der Waals surface area contributed by atoms with E-state index in [1.54, 1.807) is 0 Å². The lowest BCUT2D eigenvalue weighted by Crippen LogP contribution is -2.39. The molecule has 0 aromatic heterocycles. The van der Waals surface area contributed by atoms with Crippen LogP contribution in [0.5, 0.6) is 0 Å². The Labute approximate surface area is 65.1 Å². The quantitative estimate of drug-likeness (QED) is 0.607. The van der Waals surface area contributed by atoms with Crippen LogP contribution in [0.4, 0.5) is 4.39 Å². The van der Waals surface area contributed by atoms with E-state index >= 15 is 0 Å². The van der Waals surface area contributed by atoms with Crippen LogP contribution in [0.15, 0.2) is 0 Å². The lowest BCUT2D eigenvalue weighted by atomic mass is 10.1. The van der Waals surface area contributed by atoms with Gasteiger partial charge in [0.25, 0.3) is 0 Å². The zero-order valence-corrected chi connectivity index (χ0v) is 6.70. The minimum absolute atomic E-state index is 0. The molecule has 1 unspecified atom stereocenters. The first-order valence-corrected chi connectivity index (χ1v) is 2.52. The fourth-order valence-electron chi connectivity index (χ4n) is 0.296. The second-order valence-corrected chi connectivity index (χ2v) is 1.89. The van der Waals surface area contributed by atoms with E-state index in [4.69, 9.17) is 5.73 Å². The van der Waals surface area contributed by atoms with Crippen LogP contribution in [-0.2, 0) is 9.53 Å². The average molecular weight is 172 g/mol. The summed E-state index contributed by atoms with van der Waals surface area (Å²) in [7, 11) is 1.12. The van der Waals surface area contributed by atoms with Crippen LogP contribution in [0.1, 0.15) is 6.92 Å². The minimum Gasteiger partial charge on any atom is -0.467 e. The van der Waals surface area contributed by atoms with Gasteiger partial charge < -0.3 is 10.5 Å². The third-order valence-electron chi connectivity index (χ3n) is 0.994. The summed E-state index contributed by atoms with van der Waals surface area (Å²) in [5.41, 5.74) is 2.87. The van der Waals surface area contributed by atoms with Crippen molar-refractivity contribution in [2.45, 2.75) is 12.6 Å². The zero-order chi connectivity index (χ0) is 7.49. The molecule has 0 aromatic rings. The van der Waals surface area contributed by atoms with Gasteiger partial charge in [0.15, 0.2) is 0 Å². The summed E-state index contributed by atoms with van der Waals surface area (Å²) in [6, 6.07) is 0. The molecule has 1 atom stereocenters. The molecule has 0 bridgehead atoms. The van der Waals surface area contributed by atoms with E-state index in [9.17, 15) is 9.18 Å². The molecule has 0 aromatic carbocycles. The fraction of sp³-hybridized carbons (Fsp3) is 0.800. The Balaban J connectivity index is 0. The molecule has 0 aliphatic carbocycles. The molecule has 2 N–H and O–H groups in total. The number of hydrogen-bond donors (Lipinski definition) is 1. The molecule has 0 spiro atoms. The molecule has 0 aliphatic heterocycles. The van der Waals surface area contributed by atoms with Gasteiger partial charge in [0.1, 0.15) is 0 Å². The third kappa shape index (κ3) is 2.98. The van der Waals surface area contributed by atoms with E-state index in [2.05, 4.69) is 4.74 Å². The fourth-order valence-corrected chi connectivity index (χ4v) is 0.296. The third-order valence-corrected chi connectivity index (χ3v) is 0.994. The van der Waals surface area contributed by atoms with E-state index in [1.165, 1.54) is 0 Å². The predicted molar refractivity (Wildman–Crippen MR) is 37.8 cm³/mol. The molecule has 0 radical (unpaired) electrons. The molecule has 0 saturated carbocycles. The van der Waals surface area contributed by atoms with Crippen molar-refractivity contribution in [2.24, 2.45) is 5.73 Å². The Hall–Kier alpha value is -0.350. The van der Waals surface area contributed by atoms with Gasteiger partial charge in [0.05, 0.1) is 7.11 Å². The van der Waals surface area contributed by atoms with Gasteiger partial charge in [0, 0.05) is 6.54 Å². The number of carbonyl (C=O) groups excluding carboxylic acids is 1. The summed E-state index contributed by atoms with van der Waals surface area (Å²) in [6.45, 7) is 0.735. The van der Waals surface area contributed by atoms with E-state index in [0.29, 0.717) is 0 Å². The van der Waals surface area contributed by atoms with Crippen LogP contribution < -0.4 is 5.73 Å². The number of esters is 1. The highest BCUT2D eigenvalue weighted by Crippen LogP contribution is 2.08. The molecular weight excluding hydrogens is 161 g/mol. The maximum absolute atomic E-state index is 12.6. The first-order valence-electron chi connectivity index (χ1n) is 2.52. The normalized spacial score (nSPS) is 14.8. The standard InChI is InChI=1S/C5H10FNO2.ClH/c1-5(6,3-7)4(8)9-2;/h3,7H2,1-2H3;1H. The number of alkyl halides is 1. The SMILES string of the molecule is COC(=O)C(C)(F)CN.Cl. The first kappa shape index (κ1) is 12.3. The monoisotopic (exact) mass is 171 g/mol. The molecule has 3 nitrogen and oxygen atoms in total. The largest absolute Gasteiger partial charge is 0.467 e. The summed E-state index contributed by atoms with van der Waals surface area (Å²) >= 11 is 0. The highest BCUT2D eigenvalue weighted by Gasteiger charge is 2.31. The van der Waals surface area contributed by atoms with Gasteiger partial charge in [-0.1, -0.05) is 0 Å². The van der Waals surface area contributed by atoms with Crippen molar-refractivity contribution in [1.29, 1.82) is 0 Å². The van der Waals surface area contributed by atoms with Crippen molar-refractivity contribution in [3.05, 3.63) is 0 Å².